The Labute approximate surface area is 202 Å². The summed E-state index contributed by atoms with van der Waals surface area (Å²) >= 11 is 0. The highest BCUT2D eigenvalue weighted by Gasteiger charge is 2.29. The lowest BCUT2D eigenvalue weighted by atomic mass is 9.99. The minimum Gasteiger partial charge on any atom is -0.478 e. The van der Waals surface area contributed by atoms with Gasteiger partial charge in [0.1, 0.15) is 11.4 Å². The SMILES string of the molecule is Cc1cc(C)c(S(=O)(=O)Nc2cnc(N3CCC(N4CCCCC4)CC3)c(C(=O)O)c2)c(C)c1. The van der Waals surface area contributed by atoms with Gasteiger partial charge in [-0.25, -0.2) is 18.2 Å². The fraction of sp³-hybridized carbons (Fsp3) is 0.520. The van der Waals surface area contributed by atoms with Crippen molar-refractivity contribution in [3.63, 3.8) is 0 Å². The molecule has 2 aliphatic heterocycles. The Balaban J connectivity index is 1.53. The lowest BCUT2D eigenvalue weighted by molar-refractivity contribution is 0.0697. The van der Waals surface area contributed by atoms with Crippen LogP contribution in [0.1, 0.15) is 59.2 Å². The summed E-state index contributed by atoms with van der Waals surface area (Å²) < 4.78 is 28.7. The number of rotatable bonds is 6. The third kappa shape index (κ3) is 5.20. The second kappa shape index (κ2) is 9.92. The molecule has 8 nitrogen and oxygen atoms in total. The Morgan fingerprint density at radius 3 is 2.21 bits per heavy atom. The van der Waals surface area contributed by atoms with Gasteiger partial charge < -0.3 is 14.9 Å². The van der Waals surface area contributed by atoms with Crippen LogP contribution in [0.25, 0.3) is 0 Å². The van der Waals surface area contributed by atoms with Crippen molar-refractivity contribution in [2.45, 2.75) is 63.8 Å². The summed E-state index contributed by atoms with van der Waals surface area (Å²) in [4.78, 5) is 21.2. The van der Waals surface area contributed by atoms with Crippen LogP contribution in [-0.4, -0.2) is 61.6 Å². The van der Waals surface area contributed by atoms with Gasteiger partial charge in [-0.15, -0.1) is 0 Å². The number of pyridine rings is 1. The first-order chi connectivity index (χ1) is 16.2. The normalized spacial score (nSPS) is 18.1. The summed E-state index contributed by atoms with van der Waals surface area (Å²) in [6, 6.07) is 5.55. The molecular weight excluding hydrogens is 452 g/mol. The quantitative estimate of drug-likeness (QED) is 0.637. The summed E-state index contributed by atoms with van der Waals surface area (Å²) in [5.74, 6) is -0.723. The maximum atomic E-state index is 13.1. The number of piperidine rings is 2. The van der Waals surface area contributed by atoms with Crippen LogP contribution in [0.2, 0.25) is 0 Å². The fourth-order valence-corrected chi connectivity index (χ4v) is 6.94. The van der Waals surface area contributed by atoms with E-state index in [9.17, 15) is 18.3 Å². The highest BCUT2D eigenvalue weighted by Crippen LogP contribution is 2.29. The molecule has 0 radical (unpaired) electrons. The third-order valence-electron chi connectivity index (χ3n) is 6.89. The van der Waals surface area contributed by atoms with Crippen molar-refractivity contribution < 1.29 is 18.3 Å². The van der Waals surface area contributed by atoms with Gasteiger partial charge >= 0.3 is 5.97 Å². The lowest BCUT2D eigenvalue weighted by Gasteiger charge is -2.40. The van der Waals surface area contributed by atoms with Crippen LogP contribution in [0.4, 0.5) is 11.5 Å². The molecule has 2 fully saturated rings. The van der Waals surface area contributed by atoms with Gasteiger partial charge in [0.25, 0.3) is 10.0 Å². The number of aromatic carboxylic acids is 1. The van der Waals surface area contributed by atoms with Crippen LogP contribution < -0.4 is 9.62 Å². The smallest absolute Gasteiger partial charge is 0.339 e. The molecule has 0 unspecified atom stereocenters. The number of hydrogen-bond acceptors (Lipinski definition) is 6. The van der Waals surface area contributed by atoms with Gasteiger partial charge in [-0.3, -0.25) is 4.72 Å². The van der Waals surface area contributed by atoms with Crippen LogP contribution in [0.3, 0.4) is 0 Å². The molecule has 2 aliphatic rings. The Morgan fingerprint density at radius 2 is 1.62 bits per heavy atom. The molecule has 3 heterocycles. The molecule has 0 aliphatic carbocycles. The fourth-order valence-electron chi connectivity index (χ4n) is 5.45. The zero-order valence-electron chi connectivity index (χ0n) is 20.2. The topological polar surface area (TPSA) is 103 Å². The third-order valence-corrected chi connectivity index (χ3v) is 8.58. The van der Waals surface area contributed by atoms with E-state index in [0.717, 1.165) is 44.6 Å². The van der Waals surface area contributed by atoms with Crippen molar-refractivity contribution in [2.24, 2.45) is 0 Å². The van der Waals surface area contributed by atoms with Gasteiger partial charge in [0, 0.05) is 19.1 Å². The predicted octanol–water partition coefficient (Wildman–Crippen LogP) is 3.96. The molecule has 184 valence electrons. The van der Waals surface area contributed by atoms with Crippen molar-refractivity contribution >= 4 is 27.5 Å². The average molecular weight is 487 g/mol. The van der Waals surface area contributed by atoms with E-state index in [1.807, 2.05) is 24.0 Å². The lowest BCUT2D eigenvalue weighted by Crippen LogP contribution is -2.47. The average Bonchev–Trinajstić information content (AvgIpc) is 2.78. The summed E-state index contributed by atoms with van der Waals surface area (Å²) in [7, 11) is -3.89. The van der Waals surface area contributed by atoms with Crippen LogP contribution >= 0.6 is 0 Å². The number of aromatic nitrogens is 1. The van der Waals surface area contributed by atoms with Crippen molar-refractivity contribution in [1.82, 2.24) is 9.88 Å². The molecule has 0 spiro atoms. The van der Waals surface area contributed by atoms with Gasteiger partial charge in [-0.1, -0.05) is 24.1 Å². The molecule has 4 rings (SSSR count). The number of nitrogens with one attached hydrogen (secondary N) is 1. The standard InChI is InChI=1S/C25H34N4O4S/c1-17-13-18(2)23(19(3)14-17)34(32,33)27-20-15-22(25(30)31)24(26-16-20)29-11-7-21(8-12-29)28-9-5-4-6-10-28/h13-16,21,27H,4-12H2,1-3H3,(H,30,31). The molecular formula is C25H34N4O4S. The van der Waals surface area contributed by atoms with E-state index in [4.69, 9.17) is 0 Å². The molecule has 9 heteroatoms. The van der Waals surface area contributed by atoms with E-state index >= 15 is 0 Å². The number of carboxylic acids is 1. The summed E-state index contributed by atoms with van der Waals surface area (Å²) in [6.07, 6.45) is 7.17. The van der Waals surface area contributed by atoms with Crippen LogP contribution in [0.15, 0.2) is 29.3 Å². The second-order valence-electron chi connectivity index (χ2n) is 9.55. The molecule has 0 amide bonds. The van der Waals surface area contributed by atoms with Gasteiger partial charge in [-0.2, -0.15) is 0 Å². The molecule has 2 saturated heterocycles. The molecule has 2 aromatic rings. The number of nitrogens with zero attached hydrogens (tertiary/aromatic N) is 3. The summed E-state index contributed by atoms with van der Waals surface area (Å²) in [5, 5.41) is 9.86. The highest BCUT2D eigenvalue weighted by molar-refractivity contribution is 7.92. The first kappa shape index (κ1) is 24.5. The maximum absolute atomic E-state index is 13.1. The number of benzene rings is 1. The number of anilines is 2. The molecule has 34 heavy (non-hydrogen) atoms. The van der Waals surface area contributed by atoms with Gasteiger partial charge in [0.2, 0.25) is 0 Å². The molecule has 1 aromatic heterocycles. The highest BCUT2D eigenvalue weighted by atomic mass is 32.2. The number of likely N-dealkylation sites (tertiary alicyclic amines) is 1. The van der Waals surface area contributed by atoms with Crippen LogP contribution in [0.5, 0.6) is 0 Å². The van der Waals surface area contributed by atoms with Crippen molar-refractivity contribution in [2.75, 3.05) is 35.8 Å². The summed E-state index contributed by atoms with van der Waals surface area (Å²) in [5.41, 5.74) is 2.42. The van der Waals surface area contributed by atoms with E-state index in [2.05, 4.69) is 14.6 Å². The number of carboxylic acid groups (broad SMARTS) is 1. The predicted molar refractivity (Wildman–Crippen MR) is 133 cm³/mol. The molecule has 0 atom stereocenters. The van der Waals surface area contributed by atoms with Gasteiger partial charge in [-0.05, 0) is 76.7 Å². The van der Waals surface area contributed by atoms with E-state index < -0.39 is 16.0 Å². The minimum absolute atomic E-state index is 0.00831. The second-order valence-corrected chi connectivity index (χ2v) is 11.2. The minimum atomic E-state index is -3.89. The van der Waals surface area contributed by atoms with E-state index in [1.54, 1.807) is 13.8 Å². The van der Waals surface area contributed by atoms with E-state index in [0.29, 0.717) is 23.0 Å². The molecule has 1 aromatic carbocycles. The zero-order valence-corrected chi connectivity index (χ0v) is 21.0. The van der Waals surface area contributed by atoms with Crippen molar-refractivity contribution in [1.29, 1.82) is 0 Å². The zero-order chi connectivity index (χ0) is 24.5. The number of carbonyl (C=O) groups is 1. The maximum Gasteiger partial charge on any atom is 0.339 e. The van der Waals surface area contributed by atoms with Crippen LogP contribution in [-0.2, 0) is 10.0 Å². The Hall–Kier alpha value is -2.65. The van der Waals surface area contributed by atoms with E-state index in [-0.39, 0.29) is 16.1 Å². The monoisotopic (exact) mass is 486 g/mol. The summed E-state index contributed by atoms with van der Waals surface area (Å²) in [6.45, 7) is 9.21. The Kier molecular flexibility index (Phi) is 7.14. The first-order valence-electron chi connectivity index (χ1n) is 12.0. The Morgan fingerprint density at radius 1 is 1.00 bits per heavy atom. The molecule has 0 bridgehead atoms. The Bertz CT molecular complexity index is 1140. The molecule has 2 N–H and O–H groups in total. The number of hydrogen-bond donors (Lipinski definition) is 2. The van der Waals surface area contributed by atoms with Crippen LogP contribution in [0, 0.1) is 20.8 Å². The van der Waals surface area contributed by atoms with E-state index in [1.165, 1.54) is 31.5 Å². The number of aryl methyl sites for hydroxylation is 3. The number of sulfonamides is 1. The van der Waals surface area contributed by atoms with Crippen molar-refractivity contribution in [3.05, 3.63) is 46.6 Å². The van der Waals surface area contributed by atoms with Gasteiger partial charge in [0.05, 0.1) is 16.8 Å². The largest absolute Gasteiger partial charge is 0.478 e. The molecule has 0 saturated carbocycles. The van der Waals surface area contributed by atoms with Gasteiger partial charge in [0.15, 0.2) is 0 Å². The van der Waals surface area contributed by atoms with Crippen molar-refractivity contribution in [3.8, 4) is 0 Å². The first-order valence-corrected chi connectivity index (χ1v) is 13.5.